The van der Waals surface area contributed by atoms with Crippen molar-refractivity contribution in [2.45, 2.75) is 20.3 Å². The molecule has 0 heterocycles. The molecule has 0 bridgehead atoms. The van der Waals surface area contributed by atoms with Gasteiger partial charge in [-0.25, -0.2) is 5.43 Å². The standard InChI is InChI=1S/C17H16ClN3O3/c1-3-15(12-5-4-6-14(18)9-12)19-20-17(22)13-8-7-11(2)16(10-13)21(23)24/h4-10H,3H2,1-2H3,(H,20,22)/b19-15+. The summed E-state index contributed by atoms with van der Waals surface area (Å²) in [5.74, 6) is -0.508. The highest BCUT2D eigenvalue weighted by Crippen LogP contribution is 2.19. The van der Waals surface area contributed by atoms with Crippen molar-refractivity contribution in [2.75, 3.05) is 0 Å². The van der Waals surface area contributed by atoms with Crippen molar-refractivity contribution < 1.29 is 9.72 Å². The summed E-state index contributed by atoms with van der Waals surface area (Å²) >= 11 is 5.96. The van der Waals surface area contributed by atoms with Gasteiger partial charge in [-0.15, -0.1) is 0 Å². The van der Waals surface area contributed by atoms with Gasteiger partial charge < -0.3 is 0 Å². The lowest BCUT2D eigenvalue weighted by molar-refractivity contribution is -0.385. The van der Waals surface area contributed by atoms with Crippen LogP contribution < -0.4 is 5.43 Å². The number of hydrazone groups is 1. The van der Waals surface area contributed by atoms with Crippen LogP contribution in [-0.2, 0) is 0 Å². The van der Waals surface area contributed by atoms with E-state index in [0.717, 1.165) is 5.56 Å². The number of nitrogens with zero attached hydrogens (tertiary/aromatic N) is 2. The highest BCUT2D eigenvalue weighted by Gasteiger charge is 2.15. The fourth-order valence-corrected chi connectivity index (χ4v) is 2.34. The fourth-order valence-electron chi connectivity index (χ4n) is 2.15. The van der Waals surface area contributed by atoms with E-state index in [1.54, 1.807) is 25.1 Å². The Balaban J connectivity index is 2.22. The first-order valence-electron chi connectivity index (χ1n) is 7.30. The number of amides is 1. The van der Waals surface area contributed by atoms with Gasteiger partial charge in [0, 0.05) is 22.2 Å². The van der Waals surface area contributed by atoms with E-state index in [1.807, 2.05) is 13.0 Å². The van der Waals surface area contributed by atoms with Crippen LogP contribution in [0, 0.1) is 17.0 Å². The number of nitrogens with one attached hydrogen (secondary N) is 1. The third kappa shape index (κ3) is 4.17. The van der Waals surface area contributed by atoms with Crippen LogP contribution >= 0.6 is 11.6 Å². The number of nitro benzene ring substituents is 1. The van der Waals surface area contributed by atoms with Crippen LogP contribution in [0.4, 0.5) is 5.69 Å². The van der Waals surface area contributed by atoms with Crippen molar-refractivity contribution in [3.05, 3.63) is 74.3 Å². The number of hydrogen-bond acceptors (Lipinski definition) is 4. The smallest absolute Gasteiger partial charge is 0.267 e. The third-order valence-corrected chi connectivity index (χ3v) is 3.69. The molecule has 0 aliphatic rings. The molecule has 0 unspecified atom stereocenters. The highest BCUT2D eigenvalue weighted by atomic mass is 35.5. The predicted octanol–water partition coefficient (Wildman–Crippen LogP) is 4.10. The van der Waals surface area contributed by atoms with Crippen LogP contribution in [0.5, 0.6) is 0 Å². The summed E-state index contributed by atoms with van der Waals surface area (Å²) in [5.41, 5.74) is 4.47. The first-order chi connectivity index (χ1) is 11.4. The SMILES string of the molecule is CC/C(=N\NC(=O)c1ccc(C)c([N+](=O)[O-])c1)c1cccc(Cl)c1. The van der Waals surface area contributed by atoms with Gasteiger partial charge in [-0.1, -0.05) is 36.7 Å². The Labute approximate surface area is 144 Å². The topological polar surface area (TPSA) is 84.6 Å². The zero-order valence-corrected chi connectivity index (χ0v) is 14.0. The van der Waals surface area contributed by atoms with E-state index in [4.69, 9.17) is 11.6 Å². The number of hydrogen-bond donors (Lipinski definition) is 1. The predicted molar refractivity (Wildman–Crippen MR) is 93.6 cm³/mol. The maximum Gasteiger partial charge on any atom is 0.273 e. The molecule has 1 N–H and O–H groups in total. The summed E-state index contributed by atoms with van der Waals surface area (Å²) in [6.07, 6.45) is 0.592. The molecule has 0 saturated heterocycles. The molecule has 2 aromatic carbocycles. The second-order valence-corrected chi connectivity index (χ2v) is 5.56. The molecule has 0 radical (unpaired) electrons. The van der Waals surface area contributed by atoms with E-state index in [0.29, 0.717) is 22.7 Å². The molecule has 124 valence electrons. The van der Waals surface area contributed by atoms with E-state index < -0.39 is 10.8 Å². The molecule has 0 saturated carbocycles. The lowest BCUT2D eigenvalue weighted by Gasteiger charge is -2.06. The Hall–Kier alpha value is -2.73. The minimum absolute atomic E-state index is 0.0998. The summed E-state index contributed by atoms with van der Waals surface area (Å²) < 4.78 is 0. The van der Waals surface area contributed by atoms with Crippen molar-refractivity contribution in [1.29, 1.82) is 0 Å². The number of benzene rings is 2. The molecule has 0 atom stereocenters. The number of halogens is 1. The van der Waals surface area contributed by atoms with E-state index in [2.05, 4.69) is 10.5 Å². The summed E-state index contributed by atoms with van der Waals surface area (Å²) in [5, 5.41) is 15.7. The minimum Gasteiger partial charge on any atom is -0.267 e. The number of carbonyl (C=O) groups is 1. The second kappa shape index (κ2) is 7.70. The minimum atomic E-state index is -0.515. The summed E-state index contributed by atoms with van der Waals surface area (Å²) in [7, 11) is 0. The number of rotatable bonds is 5. The Bertz CT molecular complexity index is 818. The molecular formula is C17H16ClN3O3. The molecule has 24 heavy (non-hydrogen) atoms. The van der Waals surface area contributed by atoms with Crippen LogP contribution in [0.2, 0.25) is 5.02 Å². The monoisotopic (exact) mass is 345 g/mol. The average molecular weight is 346 g/mol. The van der Waals surface area contributed by atoms with Gasteiger partial charge in [0.05, 0.1) is 10.6 Å². The van der Waals surface area contributed by atoms with Crippen LogP contribution in [0.15, 0.2) is 47.6 Å². The van der Waals surface area contributed by atoms with Crippen molar-refractivity contribution in [3.63, 3.8) is 0 Å². The van der Waals surface area contributed by atoms with Gasteiger partial charge in [-0.05, 0) is 37.1 Å². The fraction of sp³-hybridized carbons (Fsp3) is 0.176. The van der Waals surface area contributed by atoms with Gasteiger partial charge in [0.1, 0.15) is 0 Å². The lowest BCUT2D eigenvalue weighted by atomic mass is 10.1. The van der Waals surface area contributed by atoms with Crippen LogP contribution in [0.25, 0.3) is 0 Å². The number of nitro groups is 1. The molecule has 2 rings (SSSR count). The summed E-state index contributed by atoms with van der Waals surface area (Å²) in [4.78, 5) is 22.6. The highest BCUT2D eigenvalue weighted by molar-refractivity contribution is 6.31. The maximum atomic E-state index is 12.2. The average Bonchev–Trinajstić information content (AvgIpc) is 2.55. The van der Waals surface area contributed by atoms with Gasteiger partial charge in [0.25, 0.3) is 11.6 Å². The normalized spacial score (nSPS) is 11.2. The van der Waals surface area contributed by atoms with E-state index in [-0.39, 0.29) is 11.3 Å². The molecule has 6 nitrogen and oxygen atoms in total. The van der Waals surface area contributed by atoms with Crippen LogP contribution in [0.3, 0.4) is 0 Å². The zero-order chi connectivity index (χ0) is 17.7. The summed E-state index contributed by atoms with van der Waals surface area (Å²) in [6.45, 7) is 3.52. The van der Waals surface area contributed by atoms with Gasteiger partial charge in [-0.2, -0.15) is 5.10 Å². The van der Waals surface area contributed by atoms with Crippen molar-refractivity contribution in [3.8, 4) is 0 Å². The second-order valence-electron chi connectivity index (χ2n) is 5.12. The molecule has 0 spiro atoms. The molecule has 1 amide bonds. The largest absolute Gasteiger partial charge is 0.273 e. The zero-order valence-electron chi connectivity index (χ0n) is 13.2. The van der Waals surface area contributed by atoms with Gasteiger partial charge in [0.2, 0.25) is 0 Å². The molecule has 0 aromatic heterocycles. The number of aryl methyl sites for hydroxylation is 1. The molecular weight excluding hydrogens is 330 g/mol. The Morgan fingerprint density at radius 3 is 2.62 bits per heavy atom. The Morgan fingerprint density at radius 2 is 2.00 bits per heavy atom. The van der Waals surface area contributed by atoms with E-state index >= 15 is 0 Å². The van der Waals surface area contributed by atoms with Crippen LogP contribution in [-0.4, -0.2) is 16.5 Å². The molecule has 0 aliphatic heterocycles. The molecule has 0 fully saturated rings. The summed E-state index contributed by atoms with van der Waals surface area (Å²) in [6, 6.07) is 11.5. The molecule has 0 aliphatic carbocycles. The first kappa shape index (κ1) is 17.6. The van der Waals surface area contributed by atoms with Crippen molar-refractivity contribution >= 4 is 28.9 Å². The van der Waals surface area contributed by atoms with Gasteiger partial charge >= 0.3 is 0 Å². The number of carbonyl (C=O) groups excluding carboxylic acids is 1. The van der Waals surface area contributed by atoms with E-state index in [9.17, 15) is 14.9 Å². The van der Waals surface area contributed by atoms with Crippen molar-refractivity contribution in [2.24, 2.45) is 5.10 Å². The quantitative estimate of drug-likeness (QED) is 0.503. The van der Waals surface area contributed by atoms with E-state index in [1.165, 1.54) is 18.2 Å². The third-order valence-electron chi connectivity index (χ3n) is 3.45. The maximum absolute atomic E-state index is 12.2. The molecule has 2 aromatic rings. The lowest BCUT2D eigenvalue weighted by Crippen LogP contribution is -2.20. The van der Waals surface area contributed by atoms with Crippen LogP contribution in [0.1, 0.15) is 34.8 Å². The first-order valence-corrected chi connectivity index (χ1v) is 7.68. The van der Waals surface area contributed by atoms with Gasteiger partial charge in [-0.3, -0.25) is 14.9 Å². The van der Waals surface area contributed by atoms with Gasteiger partial charge in [0.15, 0.2) is 0 Å². The van der Waals surface area contributed by atoms with Crippen molar-refractivity contribution in [1.82, 2.24) is 5.43 Å². The Kier molecular flexibility index (Phi) is 5.65. The molecule has 7 heteroatoms. The Morgan fingerprint density at radius 1 is 1.25 bits per heavy atom.